The first-order valence-corrected chi connectivity index (χ1v) is 24.4. The van der Waals surface area contributed by atoms with Crippen LogP contribution < -0.4 is 0 Å². The van der Waals surface area contributed by atoms with Crippen molar-refractivity contribution in [1.82, 2.24) is 19.4 Å². The highest BCUT2D eigenvalue weighted by Crippen LogP contribution is 2.48. The largest absolute Gasteiger partial charge is 0.455 e. The molecule has 4 aromatic heterocycles. The van der Waals surface area contributed by atoms with E-state index in [1.807, 2.05) is 6.07 Å². The number of aromatic nitrogens is 4. The number of nitrogens with zero attached hydrogens (tertiary/aromatic N) is 4. The molecule has 0 aliphatic carbocycles. The lowest BCUT2D eigenvalue weighted by atomic mass is 9.94. The fraction of sp³-hybridized carbons (Fsp3) is 0. The number of furan rings is 1. The van der Waals surface area contributed by atoms with E-state index in [1.165, 1.54) is 38.1 Å². The van der Waals surface area contributed by atoms with Gasteiger partial charge in [-0.15, -0.1) is 0 Å². The van der Waals surface area contributed by atoms with E-state index in [9.17, 15) is 0 Å². The predicted octanol–water partition coefficient (Wildman–Crippen LogP) is 17.7. The van der Waals surface area contributed by atoms with Crippen LogP contribution in [0.4, 0.5) is 0 Å². The molecule has 0 bridgehead atoms. The van der Waals surface area contributed by atoms with Gasteiger partial charge in [0.15, 0.2) is 17.5 Å². The summed E-state index contributed by atoms with van der Waals surface area (Å²) in [5.41, 5.74) is 16.9. The third kappa shape index (κ3) is 6.31. The van der Waals surface area contributed by atoms with E-state index in [4.69, 9.17) is 19.4 Å². The third-order valence-corrected chi connectivity index (χ3v) is 14.6. The summed E-state index contributed by atoms with van der Waals surface area (Å²) in [6.07, 6.45) is 0. The first-order chi connectivity index (χ1) is 35.7. The Morgan fingerprint density at radius 1 is 0.292 bits per heavy atom. The molecule has 0 spiro atoms. The minimum Gasteiger partial charge on any atom is -0.455 e. The Bertz CT molecular complexity index is 4540. The molecule has 0 fully saturated rings. The van der Waals surface area contributed by atoms with E-state index in [2.05, 4.69) is 241 Å². The normalized spacial score (nSPS) is 11.9. The zero-order valence-electron chi connectivity index (χ0n) is 38.8. The first-order valence-electron chi connectivity index (χ1n) is 24.4. The molecule has 0 amide bonds. The van der Waals surface area contributed by atoms with E-state index >= 15 is 0 Å². The molecule has 0 atom stereocenters. The van der Waals surface area contributed by atoms with Gasteiger partial charge in [0, 0.05) is 43.8 Å². The summed E-state index contributed by atoms with van der Waals surface area (Å²) in [5, 5.41) is 9.19. The lowest BCUT2D eigenvalue weighted by molar-refractivity contribution is 0.670. The van der Waals surface area contributed by atoms with Crippen LogP contribution in [0.25, 0.3) is 149 Å². The maximum absolute atomic E-state index is 7.01. The van der Waals surface area contributed by atoms with E-state index in [-0.39, 0.29) is 0 Å². The van der Waals surface area contributed by atoms with Gasteiger partial charge < -0.3 is 8.82 Å². The van der Waals surface area contributed by atoms with Gasteiger partial charge in [-0.2, -0.15) is 0 Å². The fourth-order valence-corrected chi connectivity index (χ4v) is 11.2. The van der Waals surface area contributed by atoms with Crippen molar-refractivity contribution in [2.75, 3.05) is 0 Å². The lowest BCUT2D eigenvalue weighted by Crippen LogP contribution is -2.01. The Hall–Kier alpha value is -9.71. The molecule has 0 saturated heterocycles. The van der Waals surface area contributed by atoms with Crippen LogP contribution in [0.2, 0.25) is 0 Å². The summed E-state index contributed by atoms with van der Waals surface area (Å²) in [5.74, 6) is 1.81. The van der Waals surface area contributed by atoms with Crippen molar-refractivity contribution in [1.29, 1.82) is 0 Å². The molecule has 0 aliphatic rings. The van der Waals surface area contributed by atoms with Gasteiger partial charge in [0.1, 0.15) is 11.2 Å². The van der Waals surface area contributed by atoms with Gasteiger partial charge in [-0.25, -0.2) is 15.0 Å². The summed E-state index contributed by atoms with van der Waals surface area (Å²) in [4.78, 5) is 16.0. The zero-order chi connectivity index (χ0) is 47.3. The van der Waals surface area contributed by atoms with Crippen LogP contribution in [0, 0.1) is 0 Å². The lowest BCUT2D eigenvalue weighted by Gasteiger charge is -2.14. The number of para-hydroxylation sites is 2. The standard InChI is InChI=1S/C67H40N4O/c1-4-16-41(17-5-1)44-30-32-45(33-31-44)65-68-66(50-38-48(42-18-6-2-7-19-42)37-49(39-50)43-20-8-3-9-21-43)70-67(69-65)55-26-14-22-46-36-47(34-35-51(46)55)56-40-57-53-24-11-13-28-59(53)71-58-27-12-10-23-52(58)54-25-15-29-60-61(54)62(63(57)71)64(56)72-60/h1-40H. The molecule has 15 rings (SSSR count). The van der Waals surface area contributed by atoms with Crippen molar-refractivity contribution >= 4 is 70.8 Å². The number of hydrogen-bond acceptors (Lipinski definition) is 4. The van der Waals surface area contributed by atoms with Gasteiger partial charge in [0.25, 0.3) is 0 Å². The van der Waals surface area contributed by atoms with Crippen molar-refractivity contribution in [3.63, 3.8) is 0 Å². The van der Waals surface area contributed by atoms with Crippen LogP contribution in [0.1, 0.15) is 0 Å². The average Bonchev–Trinajstić information content (AvgIpc) is 3.98. The third-order valence-electron chi connectivity index (χ3n) is 14.6. The first kappa shape index (κ1) is 40.2. The van der Waals surface area contributed by atoms with E-state index in [1.54, 1.807) is 0 Å². The van der Waals surface area contributed by atoms with Crippen molar-refractivity contribution in [3.8, 4) is 78.7 Å². The minimum absolute atomic E-state index is 0.601. The van der Waals surface area contributed by atoms with Crippen LogP contribution in [-0.4, -0.2) is 19.4 Å². The van der Waals surface area contributed by atoms with Crippen LogP contribution in [0.3, 0.4) is 0 Å². The molecule has 5 nitrogen and oxygen atoms in total. The molecule has 5 heteroatoms. The Labute approximate surface area is 413 Å². The Morgan fingerprint density at radius 3 is 1.49 bits per heavy atom. The summed E-state index contributed by atoms with van der Waals surface area (Å²) in [6.45, 7) is 0. The molecular formula is C67H40N4O. The smallest absolute Gasteiger partial charge is 0.164 e. The number of fused-ring (bicyclic) bond motifs is 7. The molecule has 4 heterocycles. The van der Waals surface area contributed by atoms with E-state index < -0.39 is 0 Å². The van der Waals surface area contributed by atoms with Crippen LogP contribution >= 0.6 is 0 Å². The molecule has 11 aromatic carbocycles. The fourth-order valence-electron chi connectivity index (χ4n) is 11.2. The van der Waals surface area contributed by atoms with Gasteiger partial charge in [-0.3, -0.25) is 0 Å². The van der Waals surface area contributed by atoms with Crippen LogP contribution in [0.5, 0.6) is 0 Å². The molecular weight excluding hydrogens is 877 g/mol. The molecule has 0 aliphatic heterocycles. The van der Waals surface area contributed by atoms with Crippen molar-refractivity contribution in [2.24, 2.45) is 0 Å². The second-order valence-corrected chi connectivity index (χ2v) is 18.7. The number of benzene rings is 11. The Kier molecular flexibility index (Phi) is 8.89. The maximum atomic E-state index is 7.01. The number of rotatable bonds is 7. The quantitative estimate of drug-likeness (QED) is 0.160. The molecule has 0 N–H and O–H groups in total. The highest BCUT2D eigenvalue weighted by atomic mass is 16.3. The zero-order valence-corrected chi connectivity index (χ0v) is 38.8. The van der Waals surface area contributed by atoms with E-state index in [0.29, 0.717) is 17.5 Å². The van der Waals surface area contributed by atoms with E-state index in [0.717, 1.165) is 93.9 Å². The molecule has 15 aromatic rings. The van der Waals surface area contributed by atoms with Crippen LogP contribution in [-0.2, 0) is 0 Å². The van der Waals surface area contributed by atoms with Gasteiger partial charge in [0.2, 0.25) is 0 Å². The monoisotopic (exact) mass is 916 g/mol. The maximum Gasteiger partial charge on any atom is 0.164 e. The average molecular weight is 917 g/mol. The second kappa shape index (κ2) is 15.9. The predicted molar refractivity (Wildman–Crippen MR) is 297 cm³/mol. The Morgan fingerprint density at radius 2 is 0.806 bits per heavy atom. The number of hydrogen-bond donors (Lipinski definition) is 0. The summed E-state index contributed by atoms with van der Waals surface area (Å²) in [6, 6.07) is 86.2. The second-order valence-electron chi connectivity index (χ2n) is 18.7. The molecule has 334 valence electrons. The Balaban J connectivity index is 0.935. The highest BCUT2D eigenvalue weighted by Gasteiger charge is 2.25. The minimum atomic E-state index is 0.601. The van der Waals surface area contributed by atoms with Crippen molar-refractivity contribution in [2.45, 2.75) is 0 Å². The van der Waals surface area contributed by atoms with Crippen LogP contribution in [0.15, 0.2) is 247 Å². The molecule has 0 saturated carbocycles. The topological polar surface area (TPSA) is 56.2 Å². The summed E-state index contributed by atoms with van der Waals surface area (Å²) < 4.78 is 9.46. The van der Waals surface area contributed by atoms with Crippen molar-refractivity contribution < 1.29 is 4.42 Å². The van der Waals surface area contributed by atoms with Gasteiger partial charge in [-0.1, -0.05) is 194 Å². The highest BCUT2D eigenvalue weighted by molar-refractivity contribution is 6.33. The van der Waals surface area contributed by atoms with Crippen molar-refractivity contribution in [3.05, 3.63) is 243 Å². The molecule has 0 radical (unpaired) electrons. The SMILES string of the molecule is c1ccc(-c2ccc(-c3nc(-c4cc(-c5ccccc5)cc(-c5ccccc5)c4)nc(-c4cccc5cc(-c6cc7c8ccccc8n8c9ccccc9c9cccc%10oc6c(c%109)c78)ccc45)n3)cc2)cc1. The summed E-state index contributed by atoms with van der Waals surface area (Å²) in [7, 11) is 0. The molecule has 0 unspecified atom stereocenters. The summed E-state index contributed by atoms with van der Waals surface area (Å²) >= 11 is 0. The van der Waals surface area contributed by atoms with Gasteiger partial charge in [0.05, 0.1) is 21.9 Å². The molecule has 72 heavy (non-hydrogen) atoms. The van der Waals surface area contributed by atoms with Gasteiger partial charge in [-0.05, 0) is 104 Å². The van der Waals surface area contributed by atoms with Gasteiger partial charge >= 0.3 is 0 Å².